The number of anilines is 1. The summed E-state index contributed by atoms with van der Waals surface area (Å²) >= 11 is 0. The van der Waals surface area contributed by atoms with Crippen LogP contribution in [0.3, 0.4) is 0 Å². The van der Waals surface area contributed by atoms with Crippen LogP contribution >= 0.6 is 0 Å². The van der Waals surface area contributed by atoms with Gasteiger partial charge in [-0.05, 0) is 41.9 Å². The first-order valence-corrected chi connectivity index (χ1v) is 7.35. The number of aromatic amines is 1. The Morgan fingerprint density at radius 2 is 2.19 bits per heavy atom. The molecule has 3 rings (SSSR count). The molecule has 1 aromatic carbocycles. The lowest BCUT2D eigenvalue weighted by atomic mass is 9.86. The minimum absolute atomic E-state index is 0.105. The van der Waals surface area contributed by atoms with Crippen molar-refractivity contribution in [2.75, 3.05) is 5.32 Å². The van der Waals surface area contributed by atoms with E-state index in [9.17, 15) is 4.79 Å². The maximum absolute atomic E-state index is 12.4. The molecule has 0 fully saturated rings. The second-order valence-corrected chi connectivity index (χ2v) is 6.62. The molecule has 0 unspecified atom stereocenters. The molecule has 1 atom stereocenters. The fraction of sp³-hybridized carbons (Fsp3) is 0.412. The van der Waals surface area contributed by atoms with Gasteiger partial charge >= 0.3 is 0 Å². The number of benzene rings is 1. The van der Waals surface area contributed by atoms with Crippen molar-refractivity contribution in [3.63, 3.8) is 0 Å². The Kier molecular flexibility index (Phi) is 3.12. The highest BCUT2D eigenvalue weighted by molar-refractivity contribution is 6.05. The predicted molar refractivity (Wildman–Crippen MR) is 83.8 cm³/mol. The number of carbonyl (C=O) groups is 1. The van der Waals surface area contributed by atoms with Crippen LogP contribution < -0.4 is 5.32 Å². The Bertz CT molecular complexity index is 700. The second-order valence-electron chi connectivity index (χ2n) is 6.62. The van der Waals surface area contributed by atoms with E-state index < -0.39 is 0 Å². The molecule has 0 spiro atoms. The minimum atomic E-state index is -0.105. The molecule has 0 saturated carbocycles. The van der Waals surface area contributed by atoms with Gasteiger partial charge in [-0.3, -0.25) is 9.89 Å². The average molecular weight is 283 g/mol. The number of aryl methyl sites for hydroxylation is 1. The van der Waals surface area contributed by atoms with Gasteiger partial charge in [0.1, 0.15) is 0 Å². The van der Waals surface area contributed by atoms with Crippen molar-refractivity contribution in [3.05, 3.63) is 46.8 Å². The molecule has 0 radical (unpaired) electrons. The molecule has 0 bridgehead atoms. The summed E-state index contributed by atoms with van der Waals surface area (Å²) in [6, 6.07) is 6.19. The average Bonchev–Trinajstić information content (AvgIpc) is 2.92. The van der Waals surface area contributed by atoms with E-state index >= 15 is 0 Å². The van der Waals surface area contributed by atoms with Gasteiger partial charge in [-0.1, -0.05) is 32.9 Å². The topological polar surface area (TPSA) is 57.8 Å². The predicted octanol–water partition coefficient (Wildman–Crippen LogP) is 3.76. The molecule has 2 N–H and O–H groups in total. The van der Waals surface area contributed by atoms with Gasteiger partial charge < -0.3 is 5.32 Å². The van der Waals surface area contributed by atoms with Crippen LogP contribution in [0.1, 0.15) is 60.3 Å². The van der Waals surface area contributed by atoms with E-state index in [2.05, 4.69) is 42.4 Å². The van der Waals surface area contributed by atoms with E-state index in [1.165, 1.54) is 11.1 Å². The van der Waals surface area contributed by atoms with Gasteiger partial charge in [0.25, 0.3) is 5.91 Å². The number of nitrogens with zero attached hydrogens (tertiary/aromatic N) is 1. The van der Waals surface area contributed by atoms with Gasteiger partial charge in [0.2, 0.25) is 0 Å². The number of hydrogen-bond acceptors (Lipinski definition) is 2. The number of hydrogen-bond donors (Lipinski definition) is 2. The van der Waals surface area contributed by atoms with Gasteiger partial charge in [-0.15, -0.1) is 0 Å². The number of amides is 1. The first kappa shape index (κ1) is 13.9. The Labute approximate surface area is 125 Å². The molecule has 110 valence electrons. The van der Waals surface area contributed by atoms with E-state index in [0.717, 1.165) is 17.8 Å². The van der Waals surface area contributed by atoms with Crippen LogP contribution in [0.5, 0.6) is 0 Å². The van der Waals surface area contributed by atoms with Crippen molar-refractivity contribution in [1.29, 1.82) is 0 Å². The van der Waals surface area contributed by atoms with Crippen molar-refractivity contribution >= 4 is 11.6 Å². The summed E-state index contributed by atoms with van der Waals surface area (Å²) in [5.74, 6) is 0.350. The number of nitrogens with one attached hydrogen (secondary N) is 2. The monoisotopic (exact) mass is 283 g/mol. The lowest BCUT2D eigenvalue weighted by molar-refractivity contribution is 0.102. The van der Waals surface area contributed by atoms with E-state index in [-0.39, 0.29) is 11.3 Å². The summed E-state index contributed by atoms with van der Waals surface area (Å²) in [4.78, 5) is 12.4. The van der Waals surface area contributed by atoms with Gasteiger partial charge in [0.15, 0.2) is 0 Å². The molecule has 1 aliphatic carbocycles. The lowest BCUT2D eigenvalue weighted by Gasteiger charge is -2.19. The fourth-order valence-corrected chi connectivity index (χ4v) is 3.54. The van der Waals surface area contributed by atoms with Crippen molar-refractivity contribution in [3.8, 4) is 0 Å². The van der Waals surface area contributed by atoms with Crippen LogP contribution in [-0.2, 0) is 5.41 Å². The highest BCUT2D eigenvalue weighted by atomic mass is 16.1. The summed E-state index contributed by atoms with van der Waals surface area (Å²) in [6.45, 7) is 8.61. The van der Waals surface area contributed by atoms with Crippen molar-refractivity contribution in [1.82, 2.24) is 10.2 Å². The summed E-state index contributed by atoms with van der Waals surface area (Å²) in [5.41, 5.74) is 5.09. The molecule has 1 aromatic heterocycles. The third-order valence-corrected chi connectivity index (χ3v) is 4.47. The van der Waals surface area contributed by atoms with Crippen LogP contribution in [0, 0.1) is 6.92 Å². The Morgan fingerprint density at radius 1 is 1.43 bits per heavy atom. The molecule has 0 saturated heterocycles. The van der Waals surface area contributed by atoms with Crippen molar-refractivity contribution in [2.45, 2.75) is 45.4 Å². The molecule has 21 heavy (non-hydrogen) atoms. The molecule has 2 aromatic rings. The van der Waals surface area contributed by atoms with Crippen LogP contribution in [0.25, 0.3) is 0 Å². The van der Waals surface area contributed by atoms with E-state index in [1.807, 2.05) is 19.1 Å². The number of rotatable bonds is 2. The van der Waals surface area contributed by atoms with E-state index in [0.29, 0.717) is 11.5 Å². The third-order valence-electron chi connectivity index (χ3n) is 4.47. The van der Waals surface area contributed by atoms with Gasteiger partial charge in [-0.2, -0.15) is 5.10 Å². The lowest BCUT2D eigenvalue weighted by Crippen LogP contribution is -2.15. The summed E-state index contributed by atoms with van der Waals surface area (Å²) in [7, 11) is 0. The SMILES string of the molecule is Cc1[nH]ncc1C(=O)Nc1cccc2c1[C@H](C)CC2(C)C. The Hall–Kier alpha value is -2.10. The third kappa shape index (κ3) is 2.24. The maximum Gasteiger partial charge on any atom is 0.259 e. The first-order valence-electron chi connectivity index (χ1n) is 7.35. The minimum Gasteiger partial charge on any atom is -0.322 e. The Morgan fingerprint density at radius 3 is 2.86 bits per heavy atom. The molecule has 1 heterocycles. The zero-order valence-electron chi connectivity index (χ0n) is 12.9. The normalized spacial score (nSPS) is 19.3. The maximum atomic E-state index is 12.4. The fourth-order valence-electron chi connectivity index (χ4n) is 3.54. The van der Waals surface area contributed by atoms with Crippen molar-refractivity contribution in [2.24, 2.45) is 0 Å². The zero-order valence-corrected chi connectivity index (χ0v) is 12.9. The van der Waals surface area contributed by atoms with Crippen LogP contribution in [0.4, 0.5) is 5.69 Å². The second kappa shape index (κ2) is 4.72. The number of fused-ring (bicyclic) bond motifs is 1. The summed E-state index contributed by atoms with van der Waals surface area (Å²) in [5, 5.41) is 9.76. The number of aromatic nitrogens is 2. The van der Waals surface area contributed by atoms with E-state index in [1.54, 1.807) is 6.20 Å². The molecule has 1 aliphatic rings. The van der Waals surface area contributed by atoms with Crippen LogP contribution in [0.15, 0.2) is 24.4 Å². The van der Waals surface area contributed by atoms with Gasteiger partial charge in [-0.25, -0.2) is 0 Å². The molecule has 1 amide bonds. The molecule has 4 nitrogen and oxygen atoms in total. The van der Waals surface area contributed by atoms with E-state index in [4.69, 9.17) is 0 Å². The molecule has 0 aliphatic heterocycles. The quantitative estimate of drug-likeness (QED) is 0.881. The standard InChI is InChI=1S/C17H21N3O/c1-10-8-17(3,4)13-6-5-7-14(15(10)13)19-16(21)12-9-18-20-11(12)2/h5-7,9-10H,8H2,1-4H3,(H,18,20)(H,19,21)/t10-/m1/s1. The summed E-state index contributed by atoms with van der Waals surface area (Å²) < 4.78 is 0. The smallest absolute Gasteiger partial charge is 0.259 e. The van der Waals surface area contributed by atoms with Gasteiger partial charge in [0.05, 0.1) is 11.8 Å². The highest BCUT2D eigenvalue weighted by Gasteiger charge is 2.36. The number of carbonyl (C=O) groups excluding carboxylic acids is 1. The summed E-state index contributed by atoms with van der Waals surface area (Å²) in [6.07, 6.45) is 2.68. The van der Waals surface area contributed by atoms with Crippen molar-refractivity contribution < 1.29 is 4.79 Å². The largest absolute Gasteiger partial charge is 0.322 e. The molecular formula is C17H21N3O. The highest BCUT2D eigenvalue weighted by Crippen LogP contribution is 2.48. The Balaban J connectivity index is 1.97. The zero-order chi connectivity index (χ0) is 15.2. The van der Waals surface area contributed by atoms with Crippen LogP contribution in [-0.4, -0.2) is 16.1 Å². The first-order chi connectivity index (χ1) is 9.90. The molecular weight excluding hydrogens is 262 g/mol. The van der Waals surface area contributed by atoms with Crippen LogP contribution in [0.2, 0.25) is 0 Å². The molecule has 4 heteroatoms. The number of H-pyrrole nitrogens is 1. The van der Waals surface area contributed by atoms with Gasteiger partial charge in [0, 0.05) is 11.4 Å².